The second kappa shape index (κ2) is 11.4. The monoisotopic (exact) mass is 321 g/mol. The zero-order chi connectivity index (χ0) is 16.2. The number of benzene rings is 1. The molecular formula is C17H31N5O. The van der Waals surface area contributed by atoms with Gasteiger partial charge in [-0.1, -0.05) is 12.1 Å². The molecule has 0 aromatic heterocycles. The molecule has 23 heavy (non-hydrogen) atoms. The Morgan fingerprint density at radius 3 is 1.87 bits per heavy atom. The minimum absolute atomic E-state index is 0.325. The predicted octanol–water partition coefficient (Wildman–Crippen LogP) is -0.735. The van der Waals surface area contributed by atoms with Gasteiger partial charge in [-0.15, -0.1) is 0 Å². The lowest BCUT2D eigenvalue weighted by molar-refractivity contribution is 0.461. The van der Waals surface area contributed by atoms with Gasteiger partial charge in [0.1, 0.15) is 5.75 Å². The molecule has 1 fully saturated rings. The van der Waals surface area contributed by atoms with Crippen LogP contribution in [0.25, 0.3) is 0 Å². The molecule has 0 bridgehead atoms. The van der Waals surface area contributed by atoms with E-state index in [1.54, 1.807) is 12.1 Å². The second-order valence-electron chi connectivity index (χ2n) is 5.98. The summed E-state index contributed by atoms with van der Waals surface area (Å²) in [5, 5.41) is 26.8. The van der Waals surface area contributed by atoms with Crippen LogP contribution in [0.3, 0.4) is 0 Å². The van der Waals surface area contributed by atoms with Crippen LogP contribution in [0.5, 0.6) is 5.75 Å². The van der Waals surface area contributed by atoms with Crippen LogP contribution in [0.2, 0.25) is 0 Å². The average molecular weight is 321 g/mol. The molecule has 1 atom stereocenters. The number of phenolic OH excluding ortho intramolecular Hbond substituents is 1. The minimum atomic E-state index is 0.325. The van der Waals surface area contributed by atoms with E-state index in [0.29, 0.717) is 11.8 Å². The molecule has 1 aliphatic heterocycles. The molecule has 0 spiro atoms. The van der Waals surface area contributed by atoms with Crippen molar-refractivity contribution in [3.8, 4) is 5.75 Å². The van der Waals surface area contributed by atoms with Crippen LogP contribution in [-0.2, 0) is 6.42 Å². The number of phenols is 1. The van der Waals surface area contributed by atoms with Gasteiger partial charge in [0.25, 0.3) is 0 Å². The quantitative estimate of drug-likeness (QED) is 0.431. The summed E-state index contributed by atoms with van der Waals surface area (Å²) in [6.07, 6.45) is 0.961. The van der Waals surface area contributed by atoms with E-state index >= 15 is 0 Å². The van der Waals surface area contributed by atoms with E-state index in [0.717, 1.165) is 65.3 Å². The van der Waals surface area contributed by atoms with Crippen molar-refractivity contribution in [1.29, 1.82) is 0 Å². The molecule has 2 rings (SSSR count). The van der Waals surface area contributed by atoms with E-state index in [1.807, 2.05) is 12.1 Å². The Balaban J connectivity index is 1.80. The molecule has 1 heterocycles. The van der Waals surface area contributed by atoms with E-state index in [9.17, 15) is 5.11 Å². The van der Waals surface area contributed by atoms with Crippen molar-refractivity contribution in [2.75, 3.05) is 58.9 Å². The number of aromatic hydroxyl groups is 1. The summed E-state index contributed by atoms with van der Waals surface area (Å²) in [5.41, 5.74) is 1.25. The molecule has 0 radical (unpaired) electrons. The zero-order valence-corrected chi connectivity index (χ0v) is 13.9. The maximum atomic E-state index is 9.40. The summed E-state index contributed by atoms with van der Waals surface area (Å²) in [6, 6.07) is 7.90. The van der Waals surface area contributed by atoms with Crippen LogP contribution in [-0.4, -0.2) is 70.1 Å². The smallest absolute Gasteiger partial charge is 0.115 e. The molecule has 0 amide bonds. The van der Waals surface area contributed by atoms with Crippen LogP contribution >= 0.6 is 0 Å². The van der Waals surface area contributed by atoms with Gasteiger partial charge >= 0.3 is 0 Å². The molecule has 1 aliphatic rings. The molecule has 0 unspecified atom stereocenters. The number of rotatable bonds is 2. The topological polar surface area (TPSA) is 80.4 Å². The van der Waals surface area contributed by atoms with Crippen molar-refractivity contribution in [1.82, 2.24) is 26.6 Å². The number of nitrogens with one attached hydrogen (secondary N) is 5. The van der Waals surface area contributed by atoms with Crippen molar-refractivity contribution >= 4 is 0 Å². The Kier molecular flexibility index (Phi) is 8.98. The fourth-order valence-corrected chi connectivity index (χ4v) is 2.68. The van der Waals surface area contributed by atoms with Gasteiger partial charge in [0.15, 0.2) is 0 Å². The summed E-state index contributed by atoms with van der Waals surface area (Å²) >= 11 is 0. The van der Waals surface area contributed by atoms with Gasteiger partial charge in [0.05, 0.1) is 0 Å². The number of hydrogen-bond acceptors (Lipinski definition) is 6. The Labute approximate surface area is 139 Å². The first-order valence-corrected chi connectivity index (χ1v) is 8.69. The van der Waals surface area contributed by atoms with Crippen molar-refractivity contribution in [3.63, 3.8) is 0 Å². The van der Waals surface area contributed by atoms with Crippen molar-refractivity contribution < 1.29 is 5.11 Å². The molecule has 6 nitrogen and oxygen atoms in total. The predicted molar refractivity (Wildman–Crippen MR) is 95.1 cm³/mol. The molecule has 130 valence electrons. The molecule has 6 N–H and O–H groups in total. The van der Waals surface area contributed by atoms with Crippen molar-refractivity contribution in [2.24, 2.45) is 0 Å². The Morgan fingerprint density at radius 2 is 1.26 bits per heavy atom. The summed E-state index contributed by atoms with van der Waals surface area (Å²) < 4.78 is 0. The molecule has 0 saturated carbocycles. The Bertz CT molecular complexity index is 396. The fraction of sp³-hybridized carbons (Fsp3) is 0.647. The highest BCUT2D eigenvalue weighted by atomic mass is 16.3. The van der Waals surface area contributed by atoms with Gasteiger partial charge in [0.2, 0.25) is 0 Å². The third-order valence-electron chi connectivity index (χ3n) is 3.98. The van der Waals surface area contributed by atoms with Crippen LogP contribution in [0, 0.1) is 0 Å². The lowest BCUT2D eigenvalue weighted by Crippen LogP contribution is -2.44. The fourth-order valence-electron chi connectivity index (χ4n) is 2.68. The van der Waals surface area contributed by atoms with E-state index in [1.165, 1.54) is 5.56 Å². The number of hydrogen-bond donors (Lipinski definition) is 6. The van der Waals surface area contributed by atoms with Crippen molar-refractivity contribution in [2.45, 2.75) is 12.5 Å². The highest BCUT2D eigenvalue weighted by molar-refractivity contribution is 5.26. The van der Waals surface area contributed by atoms with Gasteiger partial charge in [-0.05, 0) is 24.1 Å². The van der Waals surface area contributed by atoms with Gasteiger partial charge < -0.3 is 31.7 Å². The third kappa shape index (κ3) is 8.29. The maximum absolute atomic E-state index is 9.40. The van der Waals surface area contributed by atoms with Crippen LogP contribution in [0.1, 0.15) is 5.56 Å². The first-order valence-electron chi connectivity index (χ1n) is 8.69. The second-order valence-corrected chi connectivity index (χ2v) is 5.98. The zero-order valence-electron chi connectivity index (χ0n) is 13.9. The van der Waals surface area contributed by atoms with Crippen LogP contribution in [0.15, 0.2) is 24.3 Å². The van der Waals surface area contributed by atoms with Crippen LogP contribution < -0.4 is 26.6 Å². The lowest BCUT2D eigenvalue weighted by atomic mass is 10.1. The summed E-state index contributed by atoms with van der Waals surface area (Å²) in [7, 11) is 0. The average Bonchev–Trinajstić information content (AvgIpc) is 2.57. The highest BCUT2D eigenvalue weighted by Gasteiger charge is 2.09. The first-order chi connectivity index (χ1) is 11.3. The normalized spacial score (nSPS) is 22.9. The van der Waals surface area contributed by atoms with E-state index < -0.39 is 0 Å². The first kappa shape index (κ1) is 18.2. The molecule has 1 saturated heterocycles. The van der Waals surface area contributed by atoms with E-state index in [4.69, 9.17) is 0 Å². The van der Waals surface area contributed by atoms with Gasteiger partial charge in [-0.2, -0.15) is 0 Å². The molecule has 1 aromatic carbocycles. The summed E-state index contributed by atoms with van der Waals surface area (Å²) in [6.45, 7) is 8.90. The Hall–Kier alpha value is -1.18. The molecule has 1 aromatic rings. The highest BCUT2D eigenvalue weighted by Crippen LogP contribution is 2.11. The maximum Gasteiger partial charge on any atom is 0.115 e. The van der Waals surface area contributed by atoms with Gasteiger partial charge in [-0.25, -0.2) is 0 Å². The summed E-state index contributed by atoms with van der Waals surface area (Å²) in [4.78, 5) is 0. The van der Waals surface area contributed by atoms with Gasteiger partial charge in [-0.3, -0.25) is 0 Å². The van der Waals surface area contributed by atoms with Gasteiger partial charge in [0, 0.05) is 64.9 Å². The Morgan fingerprint density at radius 1 is 0.739 bits per heavy atom. The SMILES string of the molecule is Oc1ccc(C[C@H]2CNCCNCCNCCNCCN2)cc1. The van der Waals surface area contributed by atoms with Crippen molar-refractivity contribution in [3.05, 3.63) is 29.8 Å². The lowest BCUT2D eigenvalue weighted by Gasteiger charge is -2.20. The van der Waals surface area contributed by atoms with E-state index in [-0.39, 0.29) is 0 Å². The molecule has 0 aliphatic carbocycles. The molecular weight excluding hydrogens is 290 g/mol. The third-order valence-corrected chi connectivity index (χ3v) is 3.98. The summed E-state index contributed by atoms with van der Waals surface area (Å²) in [5.74, 6) is 0.325. The standard InChI is InChI=1S/C17H31N5O/c23-17-3-1-15(2-4-17)13-16-14-21-10-9-19-6-5-18-7-8-20-11-12-22-16/h1-4,16,18-23H,5-14H2/t16-/m0/s1. The largest absolute Gasteiger partial charge is 0.508 e. The minimum Gasteiger partial charge on any atom is -0.508 e. The van der Waals surface area contributed by atoms with E-state index in [2.05, 4.69) is 26.6 Å². The molecule has 6 heteroatoms. The van der Waals surface area contributed by atoms with Crippen LogP contribution in [0.4, 0.5) is 0 Å².